The van der Waals surface area contributed by atoms with Gasteiger partial charge >= 0.3 is 5.97 Å². The Kier molecular flexibility index (Phi) is 3.30. The fourth-order valence-electron chi connectivity index (χ4n) is 2.30. The summed E-state index contributed by atoms with van der Waals surface area (Å²) in [6.45, 7) is 6.30. The van der Waals surface area contributed by atoms with Crippen molar-refractivity contribution in [1.29, 1.82) is 0 Å². The second kappa shape index (κ2) is 4.64. The molecule has 0 aliphatic rings. The third-order valence-electron chi connectivity index (χ3n) is 3.15. The predicted octanol–water partition coefficient (Wildman–Crippen LogP) is 2.28. The number of rotatable bonds is 3. The first kappa shape index (κ1) is 13.5. The summed E-state index contributed by atoms with van der Waals surface area (Å²) in [4.78, 5) is 19.5. The Labute approximate surface area is 112 Å². The van der Waals surface area contributed by atoms with Gasteiger partial charge in [-0.2, -0.15) is 0 Å². The van der Waals surface area contributed by atoms with Crippen molar-refractivity contribution >= 4 is 17.0 Å². The van der Waals surface area contributed by atoms with Crippen LogP contribution < -0.4 is 0 Å². The van der Waals surface area contributed by atoms with Crippen molar-refractivity contribution in [1.82, 2.24) is 14.5 Å². The van der Waals surface area contributed by atoms with Crippen LogP contribution in [0.2, 0.25) is 0 Å². The van der Waals surface area contributed by atoms with E-state index in [0.717, 1.165) is 22.3 Å². The third kappa shape index (κ3) is 2.59. The van der Waals surface area contributed by atoms with Crippen molar-refractivity contribution in [2.45, 2.75) is 39.0 Å². The standard InChI is InChI=1S/C14H19N3O2/c1-14(2,3)12-11-9(5-6-10(18)19)7-17(4)13(11)16-8-15-12/h7-8H,5-6H2,1-4H3,(H,18,19). The topological polar surface area (TPSA) is 68.0 Å². The normalized spacial score (nSPS) is 12.0. The lowest BCUT2D eigenvalue weighted by Gasteiger charge is -2.19. The molecule has 0 atom stereocenters. The first-order valence-corrected chi connectivity index (χ1v) is 6.32. The minimum atomic E-state index is -0.786. The van der Waals surface area contributed by atoms with Crippen molar-refractivity contribution in [3.8, 4) is 0 Å². The number of fused-ring (bicyclic) bond motifs is 1. The van der Waals surface area contributed by atoms with Crippen molar-refractivity contribution < 1.29 is 9.90 Å². The van der Waals surface area contributed by atoms with E-state index in [4.69, 9.17) is 5.11 Å². The molecule has 2 aromatic heterocycles. The number of carboxylic acid groups (broad SMARTS) is 1. The van der Waals surface area contributed by atoms with Crippen LogP contribution in [0.3, 0.4) is 0 Å². The lowest BCUT2D eigenvalue weighted by Crippen LogP contribution is -2.15. The van der Waals surface area contributed by atoms with Gasteiger partial charge in [-0.1, -0.05) is 20.8 Å². The van der Waals surface area contributed by atoms with E-state index >= 15 is 0 Å². The van der Waals surface area contributed by atoms with Crippen LogP contribution >= 0.6 is 0 Å². The molecule has 2 rings (SSSR count). The van der Waals surface area contributed by atoms with Gasteiger partial charge in [-0.15, -0.1) is 0 Å². The van der Waals surface area contributed by atoms with Crippen LogP contribution in [0.15, 0.2) is 12.5 Å². The predicted molar refractivity (Wildman–Crippen MR) is 73.2 cm³/mol. The second-order valence-electron chi connectivity index (χ2n) is 5.83. The summed E-state index contributed by atoms with van der Waals surface area (Å²) in [5.74, 6) is -0.786. The van der Waals surface area contributed by atoms with E-state index in [0.29, 0.717) is 6.42 Å². The number of nitrogens with zero attached hydrogens (tertiary/aromatic N) is 3. The number of aryl methyl sites for hydroxylation is 2. The fourth-order valence-corrected chi connectivity index (χ4v) is 2.30. The number of aromatic nitrogens is 3. The molecule has 5 heteroatoms. The van der Waals surface area contributed by atoms with Gasteiger partial charge in [0.2, 0.25) is 0 Å². The van der Waals surface area contributed by atoms with Crippen LogP contribution in [0, 0.1) is 0 Å². The molecule has 0 aromatic carbocycles. The Morgan fingerprint density at radius 1 is 1.37 bits per heavy atom. The summed E-state index contributed by atoms with van der Waals surface area (Å²) in [7, 11) is 1.92. The van der Waals surface area contributed by atoms with E-state index in [-0.39, 0.29) is 11.8 Å². The van der Waals surface area contributed by atoms with Gasteiger partial charge in [-0.05, 0) is 12.0 Å². The highest BCUT2D eigenvalue weighted by Crippen LogP contribution is 2.30. The molecule has 2 aromatic rings. The average Bonchev–Trinajstić information content (AvgIpc) is 2.63. The van der Waals surface area contributed by atoms with Crippen LogP contribution in [0.1, 0.15) is 38.4 Å². The van der Waals surface area contributed by atoms with Gasteiger partial charge in [0, 0.05) is 30.5 Å². The van der Waals surface area contributed by atoms with Crippen molar-refractivity contribution in [2.75, 3.05) is 0 Å². The Hall–Kier alpha value is -1.91. The summed E-state index contributed by atoms with van der Waals surface area (Å²) in [6.07, 6.45) is 4.15. The monoisotopic (exact) mass is 261 g/mol. The number of hydrogen-bond acceptors (Lipinski definition) is 3. The molecule has 0 radical (unpaired) electrons. The summed E-state index contributed by atoms with van der Waals surface area (Å²) in [6, 6.07) is 0. The smallest absolute Gasteiger partial charge is 0.303 e. The maximum absolute atomic E-state index is 10.8. The van der Waals surface area contributed by atoms with Crippen molar-refractivity contribution in [3.63, 3.8) is 0 Å². The summed E-state index contributed by atoms with van der Waals surface area (Å²) in [5, 5.41) is 9.84. The number of hydrogen-bond donors (Lipinski definition) is 1. The molecule has 2 heterocycles. The van der Waals surface area contributed by atoms with Gasteiger partial charge in [0.15, 0.2) is 0 Å². The van der Waals surface area contributed by atoms with Gasteiger partial charge in [0.1, 0.15) is 12.0 Å². The van der Waals surface area contributed by atoms with Gasteiger partial charge in [-0.3, -0.25) is 4.79 Å². The SMILES string of the molecule is Cn1cc(CCC(=O)O)c2c(C(C)(C)C)ncnc21. The molecule has 102 valence electrons. The first-order chi connectivity index (χ1) is 8.80. The maximum Gasteiger partial charge on any atom is 0.303 e. The van der Waals surface area contributed by atoms with Crippen molar-refractivity contribution in [3.05, 3.63) is 23.8 Å². The number of carboxylic acids is 1. The lowest BCUT2D eigenvalue weighted by atomic mass is 9.88. The molecule has 0 unspecified atom stereocenters. The maximum atomic E-state index is 10.8. The van der Waals surface area contributed by atoms with Crippen LogP contribution in [-0.4, -0.2) is 25.6 Å². The average molecular weight is 261 g/mol. The van der Waals surface area contributed by atoms with Crippen molar-refractivity contribution in [2.24, 2.45) is 7.05 Å². The Morgan fingerprint density at radius 3 is 2.63 bits per heavy atom. The zero-order valence-electron chi connectivity index (χ0n) is 11.8. The Bertz CT molecular complexity index is 623. The summed E-state index contributed by atoms with van der Waals surface area (Å²) >= 11 is 0. The second-order valence-corrected chi connectivity index (χ2v) is 5.83. The highest BCUT2D eigenvalue weighted by atomic mass is 16.4. The molecule has 0 saturated heterocycles. The Balaban J connectivity index is 2.61. The molecule has 0 fully saturated rings. The largest absolute Gasteiger partial charge is 0.481 e. The minimum Gasteiger partial charge on any atom is -0.481 e. The molecule has 0 bridgehead atoms. The third-order valence-corrected chi connectivity index (χ3v) is 3.15. The first-order valence-electron chi connectivity index (χ1n) is 6.32. The number of aliphatic carboxylic acids is 1. The van der Waals surface area contributed by atoms with E-state index in [1.54, 1.807) is 6.33 Å². The molecule has 19 heavy (non-hydrogen) atoms. The molecule has 5 nitrogen and oxygen atoms in total. The van der Waals surface area contributed by atoms with Gasteiger partial charge in [-0.25, -0.2) is 9.97 Å². The van der Waals surface area contributed by atoms with Crippen LogP contribution in [0.4, 0.5) is 0 Å². The van der Waals surface area contributed by atoms with E-state index in [2.05, 4.69) is 30.7 Å². The minimum absolute atomic E-state index is 0.0967. The summed E-state index contributed by atoms with van der Waals surface area (Å²) in [5.41, 5.74) is 2.74. The quantitative estimate of drug-likeness (QED) is 0.920. The number of carbonyl (C=O) groups is 1. The zero-order valence-corrected chi connectivity index (χ0v) is 11.8. The Morgan fingerprint density at radius 2 is 2.05 bits per heavy atom. The van der Waals surface area contributed by atoms with Crippen LogP contribution in [0.25, 0.3) is 11.0 Å². The van der Waals surface area contributed by atoms with Gasteiger partial charge in [0.25, 0.3) is 0 Å². The van der Waals surface area contributed by atoms with Gasteiger partial charge in [0.05, 0.1) is 5.69 Å². The molecule has 0 aliphatic carbocycles. The molecule has 0 spiro atoms. The highest BCUT2D eigenvalue weighted by molar-refractivity contribution is 5.84. The van der Waals surface area contributed by atoms with E-state index in [9.17, 15) is 4.79 Å². The molecule has 0 amide bonds. The van der Waals surface area contributed by atoms with Crippen LogP contribution in [0.5, 0.6) is 0 Å². The highest BCUT2D eigenvalue weighted by Gasteiger charge is 2.22. The molecule has 1 N–H and O–H groups in total. The van der Waals surface area contributed by atoms with Crippen LogP contribution in [-0.2, 0) is 23.7 Å². The molecule has 0 aliphatic heterocycles. The van der Waals surface area contributed by atoms with Gasteiger partial charge < -0.3 is 9.67 Å². The molecular formula is C14H19N3O2. The molecular weight excluding hydrogens is 242 g/mol. The van der Waals surface area contributed by atoms with E-state index in [1.165, 1.54) is 0 Å². The summed E-state index contributed by atoms with van der Waals surface area (Å²) < 4.78 is 1.93. The lowest BCUT2D eigenvalue weighted by molar-refractivity contribution is -0.136. The van der Waals surface area contributed by atoms with E-state index < -0.39 is 5.97 Å². The molecule has 0 saturated carbocycles. The zero-order chi connectivity index (χ0) is 14.2. The van der Waals surface area contributed by atoms with E-state index in [1.807, 2.05) is 17.8 Å². The fraction of sp³-hybridized carbons (Fsp3) is 0.500.